The van der Waals surface area contributed by atoms with E-state index in [4.69, 9.17) is 4.74 Å². The lowest BCUT2D eigenvalue weighted by molar-refractivity contribution is -0.127. The van der Waals surface area contributed by atoms with Crippen LogP contribution in [0.4, 0.5) is 5.69 Å². The van der Waals surface area contributed by atoms with Crippen LogP contribution in [0.2, 0.25) is 0 Å². The Morgan fingerprint density at radius 2 is 1.67 bits per heavy atom. The van der Waals surface area contributed by atoms with Gasteiger partial charge in [0.1, 0.15) is 23.9 Å². The fraction of sp³-hybridized carbons (Fsp3) is 0.161. The molecule has 1 heterocycles. The zero-order valence-corrected chi connectivity index (χ0v) is 21.8. The molecule has 0 aliphatic rings. The number of hydrogen-bond donors (Lipinski definition) is 1. The summed E-state index contributed by atoms with van der Waals surface area (Å²) in [5, 5.41) is 11.4. The number of para-hydroxylation sites is 1. The van der Waals surface area contributed by atoms with Crippen LogP contribution < -0.4 is 15.0 Å². The average Bonchev–Trinajstić information content (AvgIpc) is 3.38. The summed E-state index contributed by atoms with van der Waals surface area (Å²) >= 11 is 0. The van der Waals surface area contributed by atoms with Gasteiger partial charge in [-0.2, -0.15) is 0 Å². The largest absolute Gasteiger partial charge is 0.497 e. The maximum atomic E-state index is 14.1. The third kappa shape index (κ3) is 5.80. The van der Waals surface area contributed by atoms with E-state index >= 15 is 0 Å². The molecule has 0 saturated heterocycles. The standard InChI is InChI=1S/C31H29N5O3/c1-22-15-17-25(18-16-22)36(29(37)21-35-28-14-7-6-13-27(28)33-34-35)30(24-11-8-12-26(19-24)39-2)31(38)32-20-23-9-4-3-5-10-23/h3-19,30H,20-21H2,1-2H3,(H,32,38). The number of methoxy groups -OCH3 is 1. The van der Waals surface area contributed by atoms with Gasteiger partial charge in [-0.05, 0) is 54.4 Å². The van der Waals surface area contributed by atoms with E-state index in [0.29, 0.717) is 29.1 Å². The fourth-order valence-corrected chi connectivity index (χ4v) is 4.49. The number of amides is 2. The molecule has 4 aromatic carbocycles. The SMILES string of the molecule is COc1cccc(C(C(=O)NCc2ccccc2)N(C(=O)Cn2nnc3ccccc32)c2ccc(C)cc2)c1. The number of aromatic nitrogens is 3. The predicted molar refractivity (Wildman–Crippen MR) is 150 cm³/mol. The maximum absolute atomic E-state index is 14.1. The van der Waals surface area contributed by atoms with Gasteiger partial charge in [0.05, 0.1) is 12.6 Å². The first-order valence-corrected chi connectivity index (χ1v) is 12.7. The van der Waals surface area contributed by atoms with Gasteiger partial charge >= 0.3 is 0 Å². The van der Waals surface area contributed by atoms with Crippen LogP contribution in [0, 0.1) is 6.92 Å². The number of fused-ring (bicyclic) bond motifs is 1. The number of aryl methyl sites for hydroxylation is 1. The van der Waals surface area contributed by atoms with Gasteiger partial charge in [0, 0.05) is 12.2 Å². The van der Waals surface area contributed by atoms with Crippen LogP contribution in [0.15, 0.2) is 103 Å². The molecule has 39 heavy (non-hydrogen) atoms. The fourth-order valence-electron chi connectivity index (χ4n) is 4.49. The molecule has 0 bridgehead atoms. The molecule has 1 atom stereocenters. The van der Waals surface area contributed by atoms with Crippen molar-refractivity contribution in [2.75, 3.05) is 12.0 Å². The molecule has 8 heteroatoms. The van der Waals surface area contributed by atoms with Crippen molar-refractivity contribution in [3.05, 3.63) is 120 Å². The first kappa shape index (κ1) is 25.7. The molecule has 8 nitrogen and oxygen atoms in total. The van der Waals surface area contributed by atoms with Crippen LogP contribution in [-0.4, -0.2) is 33.9 Å². The number of nitrogens with zero attached hydrogens (tertiary/aromatic N) is 4. The number of hydrogen-bond acceptors (Lipinski definition) is 5. The third-order valence-electron chi connectivity index (χ3n) is 6.51. The number of nitrogens with one attached hydrogen (secondary N) is 1. The summed E-state index contributed by atoms with van der Waals surface area (Å²) in [5.74, 6) is -0.0337. The molecule has 0 aliphatic heterocycles. The second kappa shape index (κ2) is 11.6. The van der Waals surface area contributed by atoms with Crippen molar-refractivity contribution >= 4 is 28.5 Å². The summed E-state index contributed by atoms with van der Waals surface area (Å²) in [6.07, 6.45) is 0. The summed E-state index contributed by atoms with van der Waals surface area (Å²) in [4.78, 5) is 29.6. The first-order valence-electron chi connectivity index (χ1n) is 12.7. The van der Waals surface area contributed by atoms with Crippen LogP contribution in [0.1, 0.15) is 22.7 Å². The molecule has 2 amide bonds. The number of carbonyl (C=O) groups excluding carboxylic acids is 2. The Bertz CT molecular complexity index is 1580. The number of ether oxygens (including phenoxy) is 1. The van der Waals surface area contributed by atoms with Crippen molar-refractivity contribution in [2.24, 2.45) is 0 Å². The van der Waals surface area contributed by atoms with E-state index in [1.165, 1.54) is 4.90 Å². The summed E-state index contributed by atoms with van der Waals surface area (Å²) in [5.41, 5.74) is 4.64. The highest BCUT2D eigenvalue weighted by atomic mass is 16.5. The molecule has 196 valence electrons. The molecule has 1 unspecified atom stereocenters. The number of carbonyl (C=O) groups is 2. The van der Waals surface area contributed by atoms with Gasteiger partial charge < -0.3 is 10.1 Å². The molecular formula is C31H29N5O3. The number of benzene rings is 4. The van der Waals surface area contributed by atoms with Gasteiger partial charge in [0.25, 0.3) is 0 Å². The summed E-state index contributed by atoms with van der Waals surface area (Å²) in [7, 11) is 1.57. The van der Waals surface area contributed by atoms with Crippen molar-refractivity contribution in [1.29, 1.82) is 0 Å². The van der Waals surface area contributed by atoms with Crippen LogP contribution in [-0.2, 0) is 22.7 Å². The Balaban J connectivity index is 1.56. The summed E-state index contributed by atoms with van der Waals surface area (Å²) < 4.78 is 7.01. The van der Waals surface area contributed by atoms with E-state index < -0.39 is 6.04 Å². The van der Waals surface area contributed by atoms with Gasteiger partial charge in [-0.1, -0.05) is 77.5 Å². The van der Waals surface area contributed by atoms with Gasteiger partial charge in [-0.3, -0.25) is 14.5 Å². The number of rotatable bonds is 9. The van der Waals surface area contributed by atoms with Crippen molar-refractivity contribution in [1.82, 2.24) is 20.3 Å². The van der Waals surface area contributed by atoms with Crippen molar-refractivity contribution in [3.63, 3.8) is 0 Å². The Hall–Kier alpha value is -4.98. The zero-order valence-electron chi connectivity index (χ0n) is 21.8. The lowest BCUT2D eigenvalue weighted by Crippen LogP contribution is -2.45. The zero-order chi connectivity index (χ0) is 27.2. The van der Waals surface area contributed by atoms with Crippen LogP contribution in [0.5, 0.6) is 5.75 Å². The summed E-state index contributed by atoms with van der Waals surface area (Å²) in [6.45, 7) is 2.20. The molecule has 0 aliphatic carbocycles. The highest BCUT2D eigenvalue weighted by Gasteiger charge is 2.33. The Morgan fingerprint density at radius 3 is 2.44 bits per heavy atom. The van der Waals surface area contributed by atoms with E-state index in [9.17, 15) is 9.59 Å². The summed E-state index contributed by atoms with van der Waals surface area (Å²) in [6, 6.07) is 30.9. The molecular weight excluding hydrogens is 490 g/mol. The van der Waals surface area contributed by atoms with Crippen LogP contribution in [0.3, 0.4) is 0 Å². The van der Waals surface area contributed by atoms with Gasteiger partial charge in [0.15, 0.2) is 0 Å². The molecule has 0 saturated carbocycles. The van der Waals surface area contributed by atoms with E-state index in [2.05, 4.69) is 15.6 Å². The minimum absolute atomic E-state index is 0.0964. The molecule has 5 rings (SSSR count). The Labute approximate surface area is 226 Å². The van der Waals surface area contributed by atoms with Crippen LogP contribution >= 0.6 is 0 Å². The topological polar surface area (TPSA) is 89.4 Å². The van der Waals surface area contributed by atoms with E-state index in [-0.39, 0.29) is 18.4 Å². The minimum Gasteiger partial charge on any atom is -0.497 e. The highest BCUT2D eigenvalue weighted by molar-refractivity contribution is 6.01. The second-order valence-electron chi connectivity index (χ2n) is 9.22. The van der Waals surface area contributed by atoms with Gasteiger partial charge in [0.2, 0.25) is 11.8 Å². The molecule has 5 aromatic rings. The molecule has 1 N–H and O–H groups in total. The Kier molecular flexibility index (Phi) is 7.63. The predicted octanol–water partition coefficient (Wildman–Crippen LogP) is 4.84. The van der Waals surface area contributed by atoms with E-state index in [0.717, 1.165) is 16.6 Å². The Morgan fingerprint density at radius 1 is 0.923 bits per heavy atom. The van der Waals surface area contributed by atoms with Gasteiger partial charge in [-0.25, -0.2) is 4.68 Å². The molecule has 0 spiro atoms. The highest BCUT2D eigenvalue weighted by Crippen LogP contribution is 2.31. The molecule has 1 aromatic heterocycles. The third-order valence-corrected chi connectivity index (χ3v) is 6.51. The van der Waals surface area contributed by atoms with E-state index in [1.807, 2.05) is 104 Å². The maximum Gasteiger partial charge on any atom is 0.249 e. The number of anilines is 1. The van der Waals surface area contributed by atoms with Crippen molar-refractivity contribution in [3.8, 4) is 5.75 Å². The molecule has 0 radical (unpaired) electrons. The van der Waals surface area contributed by atoms with E-state index in [1.54, 1.807) is 17.9 Å². The quantitative estimate of drug-likeness (QED) is 0.301. The monoisotopic (exact) mass is 519 g/mol. The van der Waals surface area contributed by atoms with Crippen molar-refractivity contribution in [2.45, 2.75) is 26.1 Å². The second-order valence-corrected chi connectivity index (χ2v) is 9.22. The van der Waals surface area contributed by atoms with Crippen molar-refractivity contribution < 1.29 is 14.3 Å². The minimum atomic E-state index is -0.964. The normalized spacial score (nSPS) is 11.6. The first-order chi connectivity index (χ1) is 19.0. The van der Waals surface area contributed by atoms with Gasteiger partial charge in [-0.15, -0.1) is 5.10 Å². The lowest BCUT2D eigenvalue weighted by atomic mass is 10.0. The smallest absolute Gasteiger partial charge is 0.249 e. The average molecular weight is 520 g/mol. The molecule has 0 fully saturated rings. The van der Waals surface area contributed by atoms with Crippen LogP contribution in [0.25, 0.3) is 11.0 Å². The lowest BCUT2D eigenvalue weighted by Gasteiger charge is -2.32.